The smallest absolute Gasteiger partial charge is 0.457 e. The maximum absolute atomic E-state index is 12.4. The normalized spacial score (nSPS) is 14.1. The molecule has 3 N–H and O–H groups in total. The van der Waals surface area contributed by atoms with Crippen LogP contribution in [0.5, 0.6) is 0 Å². The average Bonchev–Trinajstić information content (AvgIpc) is 3.04. The van der Waals surface area contributed by atoms with E-state index < -0.39 is 13.9 Å². The van der Waals surface area contributed by atoms with Crippen molar-refractivity contribution in [2.75, 3.05) is 33.0 Å². The van der Waals surface area contributed by atoms with Crippen molar-refractivity contribution in [3.05, 3.63) is 36.5 Å². The number of phosphoric ester groups is 1. The largest absolute Gasteiger partial charge is 0.472 e. The molecule has 270 valence electrons. The van der Waals surface area contributed by atoms with Crippen molar-refractivity contribution >= 4 is 13.8 Å². The third kappa shape index (κ3) is 34.1. The highest BCUT2D eigenvalue weighted by Gasteiger charge is 2.25. The molecule has 8 nitrogen and oxygen atoms in total. The van der Waals surface area contributed by atoms with Crippen molar-refractivity contribution in [1.29, 1.82) is 0 Å². The van der Waals surface area contributed by atoms with Gasteiger partial charge in [-0.2, -0.15) is 0 Å². The summed E-state index contributed by atoms with van der Waals surface area (Å²) < 4.78 is 33.2. The van der Waals surface area contributed by atoms with Crippen LogP contribution in [0.2, 0.25) is 0 Å². The lowest BCUT2D eigenvalue weighted by Gasteiger charge is -2.20. The van der Waals surface area contributed by atoms with E-state index in [0.717, 1.165) is 57.8 Å². The van der Waals surface area contributed by atoms with Crippen LogP contribution in [0.25, 0.3) is 0 Å². The van der Waals surface area contributed by atoms with Crippen LogP contribution in [0, 0.1) is 0 Å². The lowest BCUT2D eigenvalue weighted by atomic mass is 10.1. The minimum Gasteiger partial charge on any atom is -0.457 e. The number of carbonyl (C=O) groups excluding carboxylic acids is 1. The van der Waals surface area contributed by atoms with Gasteiger partial charge in [-0.25, -0.2) is 4.57 Å². The lowest BCUT2D eigenvalue weighted by Crippen LogP contribution is -2.28. The molecular formula is C37H70NO7P. The van der Waals surface area contributed by atoms with Gasteiger partial charge in [0.15, 0.2) is 0 Å². The highest BCUT2D eigenvalue weighted by molar-refractivity contribution is 7.47. The number of allylic oxidation sites excluding steroid dienone is 6. The molecule has 9 heteroatoms. The second-order valence-corrected chi connectivity index (χ2v) is 13.5. The third-order valence-corrected chi connectivity index (χ3v) is 8.56. The fourth-order valence-corrected chi connectivity index (χ4v) is 5.66. The molecule has 0 aliphatic rings. The van der Waals surface area contributed by atoms with Crippen LogP contribution in [-0.2, 0) is 27.9 Å². The van der Waals surface area contributed by atoms with Gasteiger partial charge < -0.3 is 20.1 Å². The summed E-state index contributed by atoms with van der Waals surface area (Å²) in [4.78, 5) is 22.3. The molecule has 0 aliphatic heterocycles. The van der Waals surface area contributed by atoms with E-state index in [0.29, 0.717) is 13.0 Å². The van der Waals surface area contributed by atoms with Crippen molar-refractivity contribution < 1.29 is 32.8 Å². The summed E-state index contributed by atoms with van der Waals surface area (Å²) in [5, 5.41) is 0. The van der Waals surface area contributed by atoms with Gasteiger partial charge in [0.25, 0.3) is 0 Å². The van der Waals surface area contributed by atoms with E-state index in [2.05, 4.69) is 50.3 Å². The Kier molecular flexibility index (Phi) is 34.1. The molecule has 0 aromatic carbocycles. The van der Waals surface area contributed by atoms with Gasteiger partial charge in [-0.15, -0.1) is 0 Å². The van der Waals surface area contributed by atoms with Gasteiger partial charge in [0.1, 0.15) is 6.10 Å². The first-order valence-electron chi connectivity index (χ1n) is 18.5. The molecule has 0 bridgehead atoms. The number of hydrogen-bond acceptors (Lipinski definition) is 7. The third-order valence-electron chi connectivity index (χ3n) is 7.57. The summed E-state index contributed by atoms with van der Waals surface area (Å²) in [6, 6.07) is 0. The quantitative estimate of drug-likeness (QED) is 0.0296. The summed E-state index contributed by atoms with van der Waals surface area (Å²) in [6.45, 7) is 4.77. The summed E-state index contributed by atoms with van der Waals surface area (Å²) >= 11 is 0. The van der Waals surface area contributed by atoms with Crippen LogP contribution in [0.4, 0.5) is 0 Å². The zero-order valence-electron chi connectivity index (χ0n) is 29.6. The Morgan fingerprint density at radius 1 is 0.674 bits per heavy atom. The molecule has 0 saturated carbocycles. The van der Waals surface area contributed by atoms with E-state index in [1.54, 1.807) is 0 Å². The van der Waals surface area contributed by atoms with Gasteiger partial charge in [-0.05, 0) is 44.9 Å². The molecule has 0 radical (unpaired) electrons. The molecule has 0 aromatic rings. The molecule has 0 aromatic heterocycles. The van der Waals surface area contributed by atoms with Crippen molar-refractivity contribution in [1.82, 2.24) is 0 Å². The van der Waals surface area contributed by atoms with Gasteiger partial charge in [0, 0.05) is 19.6 Å². The van der Waals surface area contributed by atoms with Crippen LogP contribution in [0.15, 0.2) is 36.5 Å². The van der Waals surface area contributed by atoms with Gasteiger partial charge >= 0.3 is 13.8 Å². The summed E-state index contributed by atoms with van der Waals surface area (Å²) in [5.41, 5.74) is 5.34. The Balaban J connectivity index is 4.04. The van der Waals surface area contributed by atoms with Gasteiger partial charge in [-0.3, -0.25) is 13.8 Å². The second-order valence-electron chi connectivity index (χ2n) is 12.1. The fourth-order valence-electron chi connectivity index (χ4n) is 4.89. The number of hydrogen-bond donors (Lipinski definition) is 2. The molecule has 2 atom stereocenters. The number of ether oxygens (including phenoxy) is 2. The summed E-state index contributed by atoms with van der Waals surface area (Å²) in [6.07, 6.45) is 37.3. The minimum atomic E-state index is -4.27. The minimum absolute atomic E-state index is 0.0967. The monoisotopic (exact) mass is 671 g/mol. The Hall–Kier alpha value is -1.28. The summed E-state index contributed by atoms with van der Waals surface area (Å²) in [5.74, 6) is -0.338. The van der Waals surface area contributed by atoms with E-state index in [4.69, 9.17) is 24.3 Å². The first kappa shape index (κ1) is 44.7. The number of rotatable bonds is 35. The van der Waals surface area contributed by atoms with E-state index in [1.807, 2.05) is 0 Å². The number of carbonyl (C=O) groups is 1. The second kappa shape index (κ2) is 35.0. The van der Waals surface area contributed by atoms with E-state index in [9.17, 15) is 14.3 Å². The molecule has 0 spiro atoms. The van der Waals surface area contributed by atoms with Gasteiger partial charge in [0.05, 0.1) is 19.8 Å². The topological polar surface area (TPSA) is 117 Å². The highest BCUT2D eigenvalue weighted by Crippen LogP contribution is 2.43. The molecule has 2 unspecified atom stereocenters. The molecular weight excluding hydrogens is 601 g/mol. The molecule has 0 fully saturated rings. The molecule has 0 heterocycles. The number of nitrogens with two attached hydrogens (primary N) is 1. The Labute approximate surface area is 282 Å². The number of unbranched alkanes of at least 4 members (excludes halogenated alkanes) is 16. The predicted molar refractivity (Wildman–Crippen MR) is 192 cm³/mol. The molecule has 0 rings (SSSR count). The van der Waals surface area contributed by atoms with Crippen LogP contribution >= 0.6 is 7.82 Å². The van der Waals surface area contributed by atoms with Gasteiger partial charge in [-0.1, -0.05) is 140 Å². The Morgan fingerprint density at radius 2 is 1.22 bits per heavy atom. The summed E-state index contributed by atoms with van der Waals surface area (Å²) in [7, 11) is -4.27. The first-order chi connectivity index (χ1) is 22.4. The van der Waals surface area contributed by atoms with E-state index in [1.165, 1.54) is 77.0 Å². The van der Waals surface area contributed by atoms with Crippen LogP contribution in [-0.4, -0.2) is 49.9 Å². The average molecular weight is 672 g/mol. The Bertz CT molecular complexity index is 803. The predicted octanol–water partition coefficient (Wildman–Crippen LogP) is 10.3. The van der Waals surface area contributed by atoms with Crippen molar-refractivity contribution in [3.8, 4) is 0 Å². The highest BCUT2D eigenvalue weighted by atomic mass is 31.2. The SMILES string of the molecule is CC/C=C\C/C=C\C/C=C\CCCCCCCCCCOCC(COP(=O)(O)OCCN)OC(=O)CCCCCCCCCCC. The first-order valence-corrected chi connectivity index (χ1v) is 20.0. The zero-order chi connectivity index (χ0) is 33.8. The number of esters is 1. The standard InChI is InChI=1S/C37H70NO7P/c1-3-5-7-9-11-13-14-15-16-17-18-19-20-21-23-25-27-29-32-42-34-36(35-44-46(40,41)43-33-31-38)45-37(39)30-28-26-24-22-12-10-8-6-4-2/h5,7,11,13,15-16,36H,3-4,6,8-10,12,14,17-35,38H2,1-2H3,(H,40,41)/b7-5-,13-11-,16-15-. The van der Waals surface area contributed by atoms with Crippen LogP contribution in [0.1, 0.15) is 155 Å². The molecule has 46 heavy (non-hydrogen) atoms. The molecule has 0 aliphatic carbocycles. The molecule has 0 amide bonds. The van der Waals surface area contributed by atoms with E-state index in [-0.39, 0.29) is 32.3 Å². The fraction of sp³-hybridized carbons (Fsp3) is 0.811. The number of phosphoric acid groups is 1. The van der Waals surface area contributed by atoms with Crippen molar-refractivity contribution in [3.63, 3.8) is 0 Å². The van der Waals surface area contributed by atoms with Crippen molar-refractivity contribution in [2.24, 2.45) is 5.73 Å². The van der Waals surface area contributed by atoms with Gasteiger partial charge in [0.2, 0.25) is 0 Å². The zero-order valence-corrected chi connectivity index (χ0v) is 30.4. The van der Waals surface area contributed by atoms with Crippen molar-refractivity contribution in [2.45, 2.75) is 161 Å². The maximum Gasteiger partial charge on any atom is 0.472 e. The van der Waals surface area contributed by atoms with Crippen LogP contribution in [0.3, 0.4) is 0 Å². The van der Waals surface area contributed by atoms with E-state index >= 15 is 0 Å². The van der Waals surface area contributed by atoms with Crippen LogP contribution < -0.4 is 5.73 Å². The maximum atomic E-state index is 12.4. The lowest BCUT2D eigenvalue weighted by molar-refractivity contribution is -0.154. The molecule has 0 saturated heterocycles. The Morgan fingerprint density at radius 3 is 1.83 bits per heavy atom.